The first-order valence-corrected chi connectivity index (χ1v) is 6.59. The maximum Gasteiger partial charge on any atom is 0.335 e. The third kappa shape index (κ3) is 3.32. The summed E-state index contributed by atoms with van der Waals surface area (Å²) in [6.45, 7) is 2.00. The summed E-state index contributed by atoms with van der Waals surface area (Å²) in [5.74, 6) is -1.05. The summed E-state index contributed by atoms with van der Waals surface area (Å²) in [5, 5.41) is 12.5. The first kappa shape index (κ1) is 14.0. The van der Waals surface area contributed by atoms with E-state index in [9.17, 15) is 4.79 Å². The number of aromatic carboxylic acids is 1. The fraction of sp³-hybridized carbons (Fsp3) is 0.0714. The first-order chi connectivity index (χ1) is 9.60. The smallest absolute Gasteiger partial charge is 0.335 e. The average molecular weight is 285 g/mol. The van der Waals surface area contributed by atoms with Crippen molar-refractivity contribution in [3.8, 4) is 0 Å². The molecule has 0 unspecified atom stereocenters. The normalized spacial score (nSPS) is 9.85. The second-order valence-corrected chi connectivity index (χ2v) is 5.21. The number of carboxylic acid groups (broad SMARTS) is 1. The Bertz CT molecular complexity index is 692. The summed E-state index contributed by atoms with van der Waals surface area (Å²) in [4.78, 5) is 15.4. The number of aryl methyl sites for hydroxylation is 1. The van der Waals surface area contributed by atoms with Gasteiger partial charge < -0.3 is 5.11 Å². The van der Waals surface area contributed by atoms with E-state index in [4.69, 9.17) is 10.6 Å². The van der Waals surface area contributed by atoms with Gasteiger partial charge in [0.1, 0.15) is 0 Å². The summed E-state index contributed by atoms with van der Waals surface area (Å²) in [6.07, 6.45) is 0. The van der Waals surface area contributed by atoms with Crippen LogP contribution in [0.2, 0.25) is 0 Å². The van der Waals surface area contributed by atoms with E-state index in [-0.39, 0.29) is 5.56 Å². The minimum absolute atomic E-state index is 0.0978. The van der Waals surface area contributed by atoms with E-state index in [2.05, 4.69) is 10.0 Å². The average Bonchev–Trinajstić information content (AvgIpc) is 2.43. The molecule has 0 saturated heterocycles. The van der Waals surface area contributed by atoms with Crippen LogP contribution in [0, 0.1) is 6.92 Å². The molecular weight excluding hydrogens is 274 g/mol. The lowest BCUT2D eigenvalue weighted by molar-refractivity contribution is 0.0697. The Morgan fingerprint density at radius 3 is 2.55 bits per heavy atom. The van der Waals surface area contributed by atoms with E-state index in [0.29, 0.717) is 5.69 Å². The molecule has 6 heteroatoms. The standard InChI is InChI=1S/C14H11N3O2S/c1-9-2-5-11(6-3-9)20-13-7-4-10(14(18)19)8-12(13)16-17-15/h2-8H,1H3,(H,18,19). The second kappa shape index (κ2) is 6.14. The van der Waals surface area contributed by atoms with E-state index < -0.39 is 5.97 Å². The van der Waals surface area contributed by atoms with Gasteiger partial charge in [0.2, 0.25) is 0 Å². The summed E-state index contributed by atoms with van der Waals surface area (Å²) < 4.78 is 0. The molecule has 0 aliphatic heterocycles. The van der Waals surface area contributed by atoms with Crippen molar-refractivity contribution in [2.75, 3.05) is 0 Å². The maximum absolute atomic E-state index is 10.9. The fourth-order valence-corrected chi connectivity index (χ4v) is 2.46. The van der Waals surface area contributed by atoms with E-state index in [0.717, 1.165) is 15.4 Å². The quantitative estimate of drug-likeness (QED) is 0.498. The van der Waals surface area contributed by atoms with Gasteiger partial charge in [-0.15, -0.1) is 0 Å². The monoisotopic (exact) mass is 285 g/mol. The Kier molecular flexibility index (Phi) is 4.30. The lowest BCUT2D eigenvalue weighted by Crippen LogP contribution is -1.95. The molecule has 0 heterocycles. The molecule has 100 valence electrons. The van der Waals surface area contributed by atoms with Crippen molar-refractivity contribution in [2.24, 2.45) is 5.11 Å². The Labute approximate surface area is 119 Å². The topological polar surface area (TPSA) is 86.1 Å². The van der Waals surface area contributed by atoms with E-state index in [1.165, 1.54) is 23.9 Å². The van der Waals surface area contributed by atoms with Crippen molar-refractivity contribution in [2.45, 2.75) is 16.7 Å². The number of nitrogens with zero attached hydrogens (tertiary/aromatic N) is 3. The van der Waals surface area contributed by atoms with Crippen LogP contribution in [0.3, 0.4) is 0 Å². The summed E-state index contributed by atoms with van der Waals surface area (Å²) >= 11 is 1.43. The molecular formula is C14H11N3O2S. The van der Waals surface area contributed by atoms with Crippen molar-refractivity contribution >= 4 is 23.4 Å². The number of carboxylic acids is 1. The van der Waals surface area contributed by atoms with Gasteiger partial charge in [0, 0.05) is 14.7 Å². The van der Waals surface area contributed by atoms with Crippen molar-refractivity contribution < 1.29 is 9.90 Å². The SMILES string of the molecule is Cc1ccc(Sc2ccc(C(=O)O)cc2N=[N+]=[N-])cc1. The van der Waals surface area contributed by atoms with E-state index in [1.54, 1.807) is 6.07 Å². The van der Waals surface area contributed by atoms with Crippen LogP contribution in [-0.2, 0) is 0 Å². The molecule has 20 heavy (non-hydrogen) atoms. The number of hydrogen-bond donors (Lipinski definition) is 1. The predicted octanol–water partition coefficient (Wildman–Crippen LogP) is 4.79. The highest BCUT2D eigenvalue weighted by atomic mass is 32.2. The first-order valence-electron chi connectivity index (χ1n) is 5.77. The lowest BCUT2D eigenvalue weighted by Gasteiger charge is -2.06. The number of carbonyl (C=O) groups is 1. The van der Waals surface area contributed by atoms with Gasteiger partial charge in [-0.25, -0.2) is 4.79 Å². The van der Waals surface area contributed by atoms with Gasteiger partial charge in [0.25, 0.3) is 0 Å². The van der Waals surface area contributed by atoms with Gasteiger partial charge >= 0.3 is 5.97 Å². The molecule has 0 aliphatic carbocycles. The molecule has 0 aromatic heterocycles. The highest BCUT2D eigenvalue weighted by Crippen LogP contribution is 2.36. The van der Waals surface area contributed by atoms with Gasteiger partial charge in [0.15, 0.2) is 0 Å². The molecule has 0 bridgehead atoms. The zero-order valence-corrected chi connectivity index (χ0v) is 11.5. The second-order valence-electron chi connectivity index (χ2n) is 4.09. The third-order valence-electron chi connectivity index (χ3n) is 2.61. The van der Waals surface area contributed by atoms with Crippen LogP contribution in [0.5, 0.6) is 0 Å². The predicted molar refractivity (Wildman–Crippen MR) is 77.5 cm³/mol. The number of hydrogen-bond acceptors (Lipinski definition) is 3. The van der Waals surface area contributed by atoms with Crippen LogP contribution in [0.4, 0.5) is 5.69 Å². The molecule has 0 atom stereocenters. The van der Waals surface area contributed by atoms with Crippen LogP contribution in [0.1, 0.15) is 15.9 Å². The molecule has 0 fully saturated rings. The Morgan fingerprint density at radius 2 is 1.95 bits per heavy atom. The largest absolute Gasteiger partial charge is 0.478 e. The molecule has 0 spiro atoms. The van der Waals surface area contributed by atoms with Crippen LogP contribution in [0.25, 0.3) is 10.4 Å². The zero-order valence-electron chi connectivity index (χ0n) is 10.6. The Morgan fingerprint density at radius 1 is 1.25 bits per heavy atom. The third-order valence-corrected chi connectivity index (χ3v) is 3.68. The van der Waals surface area contributed by atoms with Gasteiger partial charge in [-0.1, -0.05) is 34.6 Å². The van der Waals surface area contributed by atoms with Crippen LogP contribution >= 0.6 is 11.8 Å². The molecule has 2 aromatic carbocycles. The fourth-order valence-electron chi connectivity index (χ4n) is 1.60. The van der Waals surface area contributed by atoms with Crippen LogP contribution in [-0.4, -0.2) is 11.1 Å². The highest BCUT2D eigenvalue weighted by molar-refractivity contribution is 7.99. The maximum atomic E-state index is 10.9. The number of rotatable bonds is 4. The van der Waals surface area contributed by atoms with Crippen LogP contribution in [0.15, 0.2) is 57.4 Å². The summed E-state index contributed by atoms with van der Waals surface area (Å²) in [6, 6.07) is 12.4. The van der Waals surface area contributed by atoms with Crippen molar-refractivity contribution in [1.82, 2.24) is 0 Å². The molecule has 2 rings (SSSR count). The van der Waals surface area contributed by atoms with Gasteiger partial charge in [-0.2, -0.15) is 0 Å². The molecule has 0 radical (unpaired) electrons. The molecule has 2 aromatic rings. The van der Waals surface area contributed by atoms with E-state index in [1.807, 2.05) is 31.2 Å². The van der Waals surface area contributed by atoms with E-state index >= 15 is 0 Å². The van der Waals surface area contributed by atoms with Crippen molar-refractivity contribution in [1.29, 1.82) is 0 Å². The number of benzene rings is 2. The van der Waals surface area contributed by atoms with Crippen molar-refractivity contribution in [3.63, 3.8) is 0 Å². The van der Waals surface area contributed by atoms with Gasteiger partial charge in [0.05, 0.1) is 11.3 Å². The van der Waals surface area contributed by atoms with Gasteiger partial charge in [-0.3, -0.25) is 0 Å². The zero-order chi connectivity index (χ0) is 14.5. The Balaban J connectivity index is 2.37. The minimum Gasteiger partial charge on any atom is -0.478 e. The van der Waals surface area contributed by atoms with Crippen LogP contribution < -0.4 is 0 Å². The molecule has 1 N–H and O–H groups in total. The summed E-state index contributed by atoms with van der Waals surface area (Å²) in [5.41, 5.74) is 10.2. The summed E-state index contributed by atoms with van der Waals surface area (Å²) in [7, 11) is 0. The lowest BCUT2D eigenvalue weighted by atomic mass is 10.2. The molecule has 0 aliphatic rings. The highest BCUT2D eigenvalue weighted by Gasteiger charge is 2.08. The number of azide groups is 1. The Hall–Kier alpha value is -2.43. The van der Waals surface area contributed by atoms with Crippen molar-refractivity contribution in [3.05, 3.63) is 64.0 Å². The molecule has 0 saturated carbocycles. The minimum atomic E-state index is -1.05. The molecule has 5 nitrogen and oxygen atoms in total. The van der Waals surface area contributed by atoms with Gasteiger partial charge in [-0.05, 0) is 42.8 Å². The molecule has 0 amide bonds.